The molecule has 10 nitrogen and oxygen atoms in total. The Hall–Kier alpha value is -3.92. The third kappa shape index (κ3) is 4.71. The SMILES string of the molecule is CCC(C)(C)n1nnnc1[C@@H](c1cc2cc(OC)c(OC)cc2[nH]c1=O)N1CCN(c2ccccc2)CC1. The molecule has 0 bridgehead atoms. The minimum absolute atomic E-state index is 0.177. The lowest BCUT2D eigenvalue weighted by Crippen LogP contribution is -2.49. The number of anilines is 1. The van der Waals surface area contributed by atoms with Crippen LogP contribution in [0.5, 0.6) is 11.5 Å². The van der Waals surface area contributed by atoms with Gasteiger partial charge in [-0.25, -0.2) is 4.68 Å². The van der Waals surface area contributed by atoms with E-state index in [1.54, 1.807) is 20.3 Å². The van der Waals surface area contributed by atoms with Gasteiger partial charge in [0.2, 0.25) is 0 Å². The Balaban J connectivity index is 1.60. The number of aromatic amines is 1. The van der Waals surface area contributed by atoms with Crippen LogP contribution in [0.15, 0.2) is 53.3 Å². The molecular weight excluding hydrogens is 482 g/mol. The summed E-state index contributed by atoms with van der Waals surface area (Å²) in [5, 5.41) is 13.8. The molecule has 5 rings (SSSR count). The van der Waals surface area contributed by atoms with E-state index in [2.05, 4.69) is 75.3 Å². The number of para-hydroxylation sites is 1. The molecule has 0 amide bonds. The Morgan fingerprint density at radius 1 is 1.00 bits per heavy atom. The topological polar surface area (TPSA) is 101 Å². The Kier molecular flexibility index (Phi) is 7.07. The van der Waals surface area contributed by atoms with Crippen LogP contribution in [0.3, 0.4) is 0 Å². The number of benzene rings is 2. The molecule has 2 aromatic carbocycles. The molecule has 200 valence electrons. The molecule has 38 heavy (non-hydrogen) atoms. The summed E-state index contributed by atoms with van der Waals surface area (Å²) < 4.78 is 12.8. The summed E-state index contributed by atoms with van der Waals surface area (Å²) in [5.74, 6) is 1.82. The summed E-state index contributed by atoms with van der Waals surface area (Å²) >= 11 is 0. The molecule has 1 N–H and O–H groups in total. The van der Waals surface area contributed by atoms with Crippen molar-refractivity contribution in [3.63, 3.8) is 0 Å². The number of tetrazole rings is 1. The van der Waals surface area contributed by atoms with Gasteiger partial charge in [0.1, 0.15) is 6.04 Å². The van der Waals surface area contributed by atoms with Crippen LogP contribution in [0.4, 0.5) is 5.69 Å². The van der Waals surface area contributed by atoms with Crippen LogP contribution in [0, 0.1) is 0 Å². The number of methoxy groups -OCH3 is 2. The van der Waals surface area contributed by atoms with Crippen molar-refractivity contribution in [1.82, 2.24) is 30.1 Å². The van der Waals surface area contributed by atoms with Gasteiger partial charge in [0.05, 0.1) is 25.3 Å². The van der Waals surface area contributed by atoms with Crippen LogP contribution in [-0.4, -0.2) is 70.5 Å². The summed E-state index contributed by atoms with van der Waals surface area (Å²) in [4.78, 5) is 21.4. The van der Waals surface area contributed by atoms with Gasteiger partial charge in [-0.2, -0.15) is 0 Å². The maximum atomic E-state index is 13.6. The minimum atomic E-state index is -0.421. The summed E-state index contributed by atoms with van der Waals surface area (Å²) in [6, 6.07) is 15.6. The van der Waals surface area contributed by atoms with Crippen molar-refractivity contribution in [2.24, 2.45) is 0 Å². The molecule has 0 aliphatic carbocycles. The molecule has 2 aromatic heterocycles. The van der Waals surface area contributed by atoms with Crippen molar-refractivity contribution in [2.75, 3.05) is 45.3 Å². The highest BCUT2D eigenvalue weighted by molar-refractivity contribution is 5.83. The average Bonchev–Trinajstić information content (AvgIpc) is 3.44. The van der Waals surface area contributed by atoms with E-state index in [-0.39, 0.29) is 11.1 Å². The molecule has 0 spiro atoms. The zero-order valence-electron chi connectivity index (χ0n) is 22.6. The number of hydrogen-bond donors (Lipinski definition) is 1. The molecule has 1 fully saturated rings. The van der Waals surface area contributed by atoms with Crippen molar-refractivity contribution >= 4 is 16.6 Å². The third-order valence-electron chi connectivity index (χ3n) is 7.65. The molecule has 1 aliphatic heterocycles. The second kappa shape index (κ2) is 10.4. The second-order valence-corrected chi connectivity index (χ2v) is 10.2. The first-order valence-electron chi connectivity index (χ1n) is 13.0. The molecule has 0 radical (unpaired) electrons. The highest BCUT2D eigenvalue weighted by Crippen LogP contribution is 2.35. The first kappa shape index (κ1) is 25.7. The largest absolute Gasteiger partial charge is 0.493 e. The van der Waals surface area contributed by atoms with Crippen LogP contribution < -0.4 is 19.9 Å². The fourth-order valence-electron chi connectivity index (χ4n) is 5.07. The quantitative estimate of drug-likeness (QED) is 0.378. The first-order valence-corrected chi connectivity index (χ1v) is 13.0. The molecule has 3 heterocycles. The zero-order chi connectivity index (χ0) is 26.9. The van der Waals surface area contributed by atoms with E-state index in [9.17, 15) is 4.79 Å². The van der Waals surface area contributed by atoms with Gasteiger partial charge in [-0.15, -0.1) is 5.10 Å². The van der Waals surface area contributed by atoms with Crippen LogP contribution in [0.1, 0.15) is 44.6 Å². The molecule has 4 aromatic rings. The monoisotopic (exact) mass is 517 g/mol. The molecule has 1 saturated heterocycles. The Labute approximate surface area is 222 Å². The maximum absolute atomic E-state index is 13.6. The normalized spacial score (nSPS) is 15.6. The van der Waals surface area contributed by atoms with Crippen molar-refractivity contribution in [2.45, 2.75) is 38.8 Å². The molecule has 1 atom stereocenters. The van der Waals surface area contributed by atoms with Crippen LogP contribution in [0.25, 0.3) is 10.9 Å². The fraction of sp³-hybridized carbons (Fsp3) is 0.429. The summed E-state index contributed by atoms with van der Waals surface area (Å²) in [6.45, 7) is 9.50. The molecular formula is C28H35N7O3. The van der Waals surface area contributed by atoms with Gasteiger partial charge in [0.15, 0.2) is 17.3 Å². The first-order chi connectivity index (χ1) is 18.4. The molecule has 1 aliphatic rings. The number of pyridine rings is 1. The Bertz CT molecular complexity index is 1460. The number of piperazine rings is 1. The van der Waals surface area contributed by atoms with Crippen LogP contribution in [-0.2, 0) is 5.54 Å². The van der Waals surface area contributed by atoms with Gasteiger partial charge in [-0.1, -0.05) is 25.1 Å². The van der Waals surface area contributed by atoms with Gasteiger partial charge in [0, 0.05) is 48.9 Å². The Morgan fingerprint density at radius 3 is 2.34 bits per heavy atom. The molecule has 10 heteroatoms. The van der Waals surface area contributed by atoms with Gasteiger partial charge in [-0.05, 0) is 55.0 Å². The van der Waals surface area contributed by atoms with E-state index in [1.807, 2.05) is 22.9 Å². The van der Waals surface area contributed by atoms with E-state index in [1.165, 1.54) is 5.69 Å². The summed E-state index contributed by atoms with van der Waals surface area (Å²) in [5.41, 5.74) is 1.98. The van der Waals surface area contributed by atoms with E-state index >= 15 is 0 Å². The van der Waals surface area contributed by atoms with Gasteiger partial charge >= 0.3 is 0 Å². The molecule has 0 saturated carbocycles. The third-order valence-corrected chi connectivity index (χ3v) is 7.65. The summed E-state index contributed by atoms with van der Waals surface area (Å²) in [6.07, 6.45) is 0.838. The zero-order valence-corrected chi connectivity index (χ0v) is 22.6. The average molecular weight is 518 g/mol. The van der Waals surface area contributed by atoms with Gasteiger partial charge in [0.25, 0.3) is 5.56 Å². The number of aromatic nitrogens is 5. The van der Waals surface area contributed by atoms with Crippen molar-refractivity contribution in [3.8, 4) is 11.5 Å². The maximum Gasteiger partial charge on any atom is 0.253 e. The fourth-order valence-corrected chi connectivity index (χ4v) is 5.07. The van der Waals surface area contributed by atoms with E-state index in [0.29, 0.717) is 28.4 Å². The van der Waals surface area contributed by atoms with E-state index in [4.69, 9.17) is 9.47 Å². The van der Waals surface area contributed by atoms with Crippen molar-refractivity contribution in [1.29, 1.82) is 0 Å². The summed E-state index contributed by atoms with van der Waals surface area (Å²) in [7, 11) is 3.18. The van der Waals surface area contributed by atoms with Gasteiger partial charge in [-0.3, -0.25) is 9.69 Å². The van der Waals surface area contributed by atoms with Gasteiger partial charge < -0.3 is 19.4 Å². The van der Waals surface area contributed by atoms with E-state index in [0.717, 1.165) is 38.0 Å². The Morgan fingerprint density at radius 2 is 1.68 bits per heavy atom. The van der Waals surface area contributed by atoms with E-state index < -0.39 is 6.04 Å². The number of nitrogens with one attached hydrogen (secondary N) is 1. The standard InChI is InChI=1S/C28H35N7O3/c1-6-28(2,3)35-26(30-31-32-35)25(34-14-12-33(13-15-34)20-10-8-7-9-11-20)21-16-19-17-23(37-4)24(38-5)18-22(19)29-27(21)36/h7-11,16-18,25H,6,12-15H2,1-5H3,(H,29,36)/t25-/m1/s1. The number of H-pyrrole nitrogens is 1. The number of hydrogen-bond acceptors (Lipinski definition) is 8. The lowest BCUT2D eigenvalue weighted by Gasteiger charge is -2.40. The smallest absolute Gasteiger partial charge is 0.253 e. The van der Waals surface area contributed by atoms with Crippen molar-refractivity contribution < 1.29 is 9.47 Å². The number of ether oxygens (including phenoxy) is 2. The minimum Gasteiger partial charge on any atom is -0.493 e. The highest BCUT2D eigenvalue weighted by atomic mass is 16.5. The van der Waals surface area contributed by atoms with Crippen LogP contribution >= 0.6 is 0 Å². The predicted molar refractivity (Wildman–Crippen MR) is 147 cm³/mol. The number of rotatable bonds is 8. The lowest BCUT2D eigenvalue weighted by molar-refractivity contribution is 0.186. The number of nitrogens with zero attached hydrogens (tertiary/aromatic N) is 6. The lowest BCUT2D eigenvalue weighted by atomic mass is 9.98. The number of fused-ring (bicyclic) bond motifs is 1. The second-order valence-electron chi connectivity index (χ2n) is 10.2. The van der Waals surface area contributed by atoms with Crippen LogP contribution in [0.2, 0.25) is 0 Å². The predicted octanol–water partition coefficient (Wildman–Crippen LogP) is 3.59. The molecule has 0 unspecified atom stereocenters. The van der Waals surface area contributed by atoms with Crippen molar-refractivity contribution in [3.05, 3.63) is 70.3 Å². The highest BCUT2D eigenvalue weighted by Gasteiger charge is 2.35.